The zero-order chi connectivity index (χ0) is 13.2. The molecule has 4 nitrogen and oxygen atoms in total. The Bertz CT molecular complexity index is 506. The van der Waals surface area contributed by atoms with Crippen molar-refractivity contribution >= 4 is 29.1 Å². The third-order valence-corrected chi connectivity index (χ3v) is 2.45. The van der Waals surface area contributed by atoms with Crippen LogP contribution in [0.4, 0.5) is 4.39 Å². The highest BCUT2D eigenvalue weighted by Crippen LogP contribution is 2.27. The zero-order valence-electron chi connectivity index (χ0n) is 8.70. The molecule has 0 bridgehead atoms. The van der Waals surface area contributed by atoms with Gasteiger partial charge in [-0.05, 0) is 30.2 Å². The van der Waals surface area contributed by atoms with Gasteiger partial charge in [0.25, 0.3) is 0 Å². The van der Waals surface area contributed by atoms with E-state index < -0.39 is 23.3 Å². The van der Waals surface area contributed by atoms with Gasteiger partial charge in [0.05, 0.1) is 5.02 Å². The predicted octanol–water partition coefficient (Wildman–Crippen LogP) is 2.42. The lowest BCUT2D eigenvalue weighted by Gasteiger charge is -2.07. The quantitative estimate of drug-likeness (QED) is 0.496. The highest BCUT2D eigenvalue weighted by molar-refractivity contribution is 6.33. The van der Waals surface area contributed by atoms with E-state index in [1.54, 1.807) is 0 Å². The maximum Gasteiger partial charge on any atom is 0.343 e. The Kier molecular flexibility index (Phi) is 3.85. The van der Waals surface area contributed by atoms with Crippen molar-refractivity contribution in [3.05, 3.63) is 40.2 Å². The summed E-state index contributed by atoms with van der Waals surface area (Å²) >= 11 is 5.72. The van der Waals surface area contributed by atoms with E-state index >= 15 is 0 Å². The molecule has 0 aromatic heterocycles. The smallest absolute Gasteiger partial charge is 0.343 e. The van der Waals surface area contributed by atoms with Crippen LogP contribution >= 0.6 is 11.6 Å². The Morgan fingerprint density at radius 1 is 1.24 bits per heavy atom. The number of hydrogen-bond donors (Lipinski definition) is 2. The van der Waals surface area contributed by atoms with Crippen LogP contribution in [-0.2, 0) is 9.59 Å². The number of carbonyl (C=O) groups is 2. The number of hydrogen-bond acceptors (Lipinski definition) is 2. The summed E-state index contributed by atoms with van der Waals surface area (Å²) in [4.78, 5) is 21.6. The molecule has 0 aliphatic carbocycles. The average molecular weight is 259 g/mol. The summed E-state index contributed by atoms with van der Waals surface area (Å²) < 4.78 is 12.8. The van der Waals surface area contributed by atoms with E-state index in [1.807, 2.05) is 0 Å². The lowest BCUT2D eigenvalue weighted by molar-refractivity contribution is -0.140. The summed E-state index contributed by atoms with van der Waals surface area (Å²) in [5, 5.41) is 17.5. The number of allylic oxidation sites excluding steroid dienone is 1. The fraction of sp³-hybridized carbons (Fsp3) is 0.0909. The molecular formula is C11H8ClFO4. The minimum absolute atomic E-state index is 0.0324. The lowest BCUT2D eigenvalue weighted by Crippen LogP contribution is -2.13. The van der Waals surface area contributed by atoms with Crippen LogP contribution in [0.5, 0.6) is 0 Å². The monoisotopic (exact) mass is 258 g/mol. The van der Waals surface area contributed by atoms with E-state index in [-0.39, 0.29) is 16.2 Å². The highest BCUT2D eigenvalue weighted by Gasteiger charge is 2.21. The average Bonchev–Trinajstić information content (AvgIpc) is 2.15. The van der Waals surface area contributed by atoms with Gasteiger partial charge in [0, 0.05) is 0 Å². The van der Waals surface area contributed by atoms with E-state index in [2.05, 4.69) is 0 Å². The van der Waals surface area contributed by atoms with Crippen molar-refractivity contribution in [1.82, 2.24) is 0 Å². The van der Waals surface area contributed by atoms with Gasteiger partial charge in [0.15, 0.2) is 0 Å². The molecule has 1 rings (SSSR count). The molecule has 90 valence electrons. The van der Waals surface area contributed by atoms with E-state index in [4.69, 9.17) is 21.8 Å². The van der Waals surface area contributed by atoms with E-state index in [0.717, 1.165) is 12.1 Å². The molecule has 1 aromatic rings. The summed E-state index contributed by atoms with van der Waals surface area (Å²) in [5.74, 6) is -3.73. The molecular weight excluding hydrogens is 251 g/mol. The molecule has 2 N–H and O–H groups in total. The van der Waals surface area contributed by atoms with Gasteiger partial charge >= 0.3 is 11.9 Å². The van der Waals surface area contributed by atoms with E-state index in [9.17, 15) is 14.0 Å². The van der Waals surface area contributed by atoms with Gasteiger partial charge < -0.3 is 10.2 Å². The first-order chi connectivity index (χ1) is 7.84. The van der Waals surface area contributed by atoms with Gasteiger partial charge in [0.1, 0.15) is 11.4 Å². The number of benzene rings is 1. The molecule has 0 heterocycles. The van der Waals surface area contributed by atoms with Gasteiger partial charge in [-0.1, -0.05) is 17.7 Å². The molecule has 0 radical (unpaired) electrons. The van der Waals surface area contributed by atoms with Gasteiger partial charge in [-0.3, -0.25) is 0 Å². The van der Waals surface area contributed by atoms with Crippen LogP contribution in [0.2, 0.25) is 5.02 Å². The molecule has 1 aromatic carbocycles. The highest BCUT2D eigenvalue weighted by atomic mass is 35.5. The first-order valence-corrected chi connectivity index (χ1v) is 4.85. The van der Waals surface area contributed by atoms with Crippen molar-refractivity contribution < 1.29 is 24.2 Å². The van der Waals surface area contributed by atoms with E-state index in [1.165, 1.54) is 13.0 Å². The Hall–Kier alpha value is -1.88. The number of carboxylic acid groups (broad SMARTS) is 2. The normalized spacial score (nSPS) is 9.82. The maximum atomic E-state index is 12.8. The summed E-state index contributed by atoms with van der Waals surface area (Å²) in [7, 11) is 0. The van der Waals surface area contributed by atoms with Gasteiger partial charge in [0.2, 0.25) is 0 Å². The third-order valence-electron chi connectivity index (χ3n) is 2.14. The Labute approximate surface area is 101 Å². The molecule has 0 saturated heterocycles. The van der Waals surface area contributed by atoms with Crippen molar-refractivity contribution in [1.29, 1.82) is 0 Å². The molecule has 0 spiro atoms. The molecule has 0 fully saturated rings. The standard InChI is InChI=1S/C11H8ClFO4/c1-5(9(10(14)15)11(16)17)7-3-2-6(13)4-8(7)12/h2-4H,1H3,(H,14,15)(H,16,17). The summed E-state index contributed by atoms with van der Waals surface area (Å²) in [6.07, 6.45) is 0. The zero-order valence-corrected chi connectivity index (χ0v) is 9.45. The van der Waals surface area contributed by atoms with Gasteiger partial charge in [-0.25, -0.2) is 14.0 Å². The fourth-order valence-corrected chi connectivity index (χ4v) is 1.65. The van der Waals surface area contributed by atoms with Crippen LogP contribution in [0.1, 0.15) is 12.5 Å². The second kappa shape index (κ2) is 4.97. The first-order valence-electron chi connectivity index (χ1n) is 4.47. The summed E-state index contributed by atoms with van der Waals surface area (Å²) in [6.45, 7) is 1.30. The van der Waals surface area contributed by atoms with Crippen LogP contribution in [0.15, 0.2) is 23.8 Å². The second-order valence-corrected chi connectivity index (χ2v) is 3.64. The largest absolute Gasteiger partial charge is 0.477 e. The number of rotatable bonds is 3. The summed E-state index contributed by atoms with van der Waals surface area (Å²) in [5.41, 5.74) is -0.652. The van der Waals surface area contributed by atoms with Crippen LogP contribution < -0.4 is 0 Å². The Morgan fingerprint density at radius 2 is 1.76 bits per heavy atom. The molecule has 0 atom stereocenters. The van der Waals surface area contributed by atoms with Crippen LogP contribution in [0.25, 0.3) is 5.57 Å². The van der Waals surface area contributed by atoms with Crippen molar-refractivity contribution in [2.45, 2.75) is 6.92 Å². The van der Waals surface area contributed by atoms with E-state index in [0.29, 0.717) is 0 Å². The SMILES string of the molecule is CC(=C(C(=O)O)C(=O)O)c1ccc(F)cc1Cl. The molecule has 0 amide bonds. The first kappa shape index (κ1) is 13.2. The molecule has 17 heavy (non-hydrogen) atoms. The lowest BCUT2D eigenvalue weighted by atomic mass is 10.0. The fourth-order valence-electron chi connectivity index (χ4n) is 1.34. The van der Waals surface area contributed by atoms with Crippen LogP contribution in [-0.4, -0.2) is 22.2 Å². The van der Waals surface area contributed by atoms with Crippen LogP contribution in [0, 0.1) is 5.82 Å². The molecule has 6 heteroatoms. The second-order valence-electron chi connectivity index (χ2n) is 3.23. The number of halogens is 2. The Morgan fingerprint density at radius 3 is 2.18 bits per heavy atom. The molecule has 0 saturated carbocycles. The molecule has 0 aliphatic heterocycles. The van der Waals surface area contributed by atoms with Crippen molar-refractivity contribution in [2.75, 3.05) is 0 Å². The Balaban J connectivity index is 3.44. The maximum absolute atomic E-state index is 12.8. The van der Waals surface area contributed by atoms with Crippen LogP contribution in [0.3, 0.4) is 0 Å². The minimum atomic E-state index is -1.57. The van der Waals surface area contributed by atoms with Crippen molar-refractivity contribution in [3.8, 4) is 0 Å². The number of aliphatic carboxylic acids is 2. The molecule has 0 aliphatic rings. The van der Waals surface area contributed by atoms with Crippen molar-refractivity contribution in [3.63, 3.8) is 0 Å². The summed E-state index contributed by atoms with van der Waals surface area (Å²) in [6, 6.07) is 3.30. The topological polar surface area (TPSA) is 74.6 Å². The minimum Gasteiger partial charge on any atom is -0.477 e. The van der Waals surface area contributed by atoms with Crippen molar-refractivity contribution in [2.24, 2.45) is 0 Å². The van der Waals surface area contributed by atoms with Gasteiger partial charge in [-0.15, -0.1) is 0 Å². The number of carboxylic acids is 2. The molecule has 0 unspecified atom stereocenters. The third kappa shape index (κ3) is 2.82. The predicted molar refractivity (Wildman–Crippen MR) is 59.3 cm³/mol. The van der Waals surface area contributed by atoms with Gasteiger partial charge in [-0.2, -0.15) is 0 Å².